The summed E-state index contributed by atoms with van der Waals surface area (Å²) in [5, 5.41) is 15.3. The number of halogens is 4. The van der Waals surface area contributed by atoms with Gasteiger partial charge in [-0.05, 0) is 39.0 Å². The molecule has 0 saturated carbocycles. The SMILES string of the molecule is COc1cnc(-c2cc(-c3ccc(F)c([C@]4(C)C[S@](=O)(=NCC(F)(F)F)C(C)(C)C(NC(=O)O)=N4)c3)on2)cn1. The maximum absolute atomic E-state index is 15.3. The predicted octanol–water partition coefficient (Wildman–Crippen LogP) is 4.65. The number of nitrogens with zero attached hydrogens (tertiary/aromatic N) is 5. The number of amides is 1. The third-order valence-corrected chi connectivity index (χ3v) is 9.61. The minimum Gasteiger partial charge on any atom is -0.480 e. The Morgan fingerprint density at radius 2 is 1.93 bits per heavy atom. The summed E-state index contributed by atoms with van der Waals surface area (Å²) in [5.41, 5.74) is -0.961. The lowest BCUT2D eigenvalue weighted by Gasteiger charge is -2.41. The number of rotatable bonds is 5. The van der Waals surface area contributed by atoms with E-state index in [2.05, 4.69) is 24.5 Å². The van der Waals surface area contributed by atoms with Gasteiger partial charge in [0, 0.05) is 17.2 Å². The average molecular weight is 585 g/mol. The van der Waals surface area contributed by atoms with Crippen LogP contribution in [0.1, 0.15) is 26.3 Å². The summed E-state index contributed by atoms with van der Waals surface area (Å²) in [5.74, 6) is -1.37. The van der Waals surface area contributed by atoms with Crippen LogP contribution >= 0.6 is 0 Å². The van der Waals surface area contributed by atoms with Crippen LogP contribution in [0.15, 0.2) is 50.5 Å². The highest BCUT2D eigenvalue weighted by molar-refractivity contribution is 7.95. The van der Waals surface area contributed by atoms with E-state index in [9.17, 15) is 27.3 Å². The minimum absolute atomic E-state index is 0.165. The second kappa shape index (κ2) is 10.1. The van der Waals surface area contributed by atoms with Crippen LogP contribution in [0.5, 0.6) is 5.88 Å². The van der Waals surface area contributed by atoms with Gasteiger partial charge in [0.25, 0.3) is 0 Å². The van der Waals surface area contributed by atoms with Crippen LogP contribution in [0.2, 0.25) is 0 Å². The molecule has 1 aliphatic rings. The molecule has 1 aromatic carbocycles. The van der Waals surface area contributed by atoms with Crippen molar-refractivity contribution in [3.63, 3.8) is 0 Å². The van der Waals surface area contributed by atoms with Gasteiger partial charge in [0.15, 0.2) is 5.76 Å². The first-order chi connectivity index (χ1) is 18.6. The van der Waals surface area contributed by atoms with Gasteiger partial charge >= 0.3 is 12.3 Å². The first-order valence-corrected chi connectivity index (χ1v) is 13.3. The maximum atomic E-state index is 15.3. The van der Waals surface area contributed by atoms with E-state index in [1.165, 1.54) is 58.5 Å². The van der Waals surface area contributed by atoms with E-state index >= 15 is 4.39 Å². The van der Waals surface area contributed by atoms with Gasteiger partial charge in [-0.15, -0.1) is 0 Å². The first kappa shape index (κ1) is 28.9. The Morgan fingerprint density at radius 1 is 1.20 bits per heavy atom. The van der Waals surface area contributed by atoms with E-state index in [0.29, 0.717) is 17.0 Å². The molecule has 0 fully saturated rings. The number of hydrogen-bond donors (Lipinski definition) is 2. The summed E-state index contributed by atoms with van der Waals surface area (Å²) in [7, 11) is -2.43. The fraction of sp³-hybridized carbons (Fsp3) is 0.375. The first-order valence-electron chi connectivity index (χ1n) is 11.6. The lowest BCUT2D eigenvalue weighted by molar-refractivity contribution is -0.117. The predicted molar refractivity (Wildman–Crippen MR) is 136 cm³/mol. The molecule has 0 spiro atoms. The van der Waals surface area contributed by atoms with E-state index in [1.807, 2.05) is 5.32 Å². The molecule has 4 rings (SSSR count). The molecule has 2 N–H and O–H groups in total. The summed E-state index contributed by atoms with van der Waals surface area (Å²) >= 11 is 0. The number of hydrogen-bond acceptors (Lipinski definition) is 9. The maximum Gasteiger partial charge on any atom is 0.410 e. The molecule has 40 heavy (non-hydrogen) atoms. The van der Waals surface area contributed by atoms with Gasteiger partial charge in [0.2, 0.25) is 5.88 Å². The average Bonchev–Trinajstić information content (AvgIpc) is 3.36. The van der Waals surface area contributed by atoms with Gasteiger partial charge in [0.05, 0.1) is 35.0 Å². The summed E-state index contributed by atoms with van der Waals surface area (Å²) in [6.45, 7) is 2.15. The van der Waals surface area contributed by atoms with Gasteiger partial charge in [-0.3, -0.25) is 10.3 Å². The van der Waals surface area contributed by atoms with E-state index in [0.717, 1.165) is 6.07 Å². The highest BCUT2D eigenvalue weighted by Crippen LogP contribution is 2.41. The van der Waals surface area contributed by atoms with Crippen molar-refractivity contribution in [3.05, 3.63) is 48.0 Å². The number of aromatic nitrogens is 3. The van der Waals surface area contributed by atoms with Crippen molar-refractivity contribution in [1.82, 2.24) is 20.4 Å². The zero-order chi connectivity index (χ0) is 29.5. The lowest BCUT2D eigenvalue weighted by atomic mass is 9.91. The normalized spacial score (nSPS) is 22.4. The number of ether oxygens (including phenoxy) is 1. The Hall–Kier alpha value is -4.08. The molecule has 3 heterocycles. The molecule has 2 aromatic heterocycles. The highest BCUT2D eigenvalue weighted by Gasteiger charge is 2.50. The van der Waals surface area contributed by atoms with Gasteiger partial charge < -0.3 is 14.4 Å². The molecule has 1 aliphatic heterocycles. The Bertz CT molecular complexity index is 1600. The van der Waals surface area contributed by atoms with Crippen LogP contribution in [-0.2, 0) is 15.3 Å². The number of methoxy groups -OCH3 is 1. The summed E-state index contributed by atoms with van der Waals surface area (Å²) in [6, 6.07) is 5.30. The fourth-order valence-electron chi connectivity index (χ4n) is 4.11. The van der Waals surface area contributed by atoms with E-state index in [-0.39, 0.29) is 17.2 Å². The highest BCUT2D eigenvalue weighted by atomic mass is 32.2. The van der Waals surface area contributed by atoms with Crippen molar-refractivity contribution in [3.8, 4) is 28.6 Å². The molecule has 1 amide bonds. The molecule has 11 nitrogen and oxygen atoms in total. The minimum atomic E-state index is -4.77. The van der Waals surface area contributed by atoms with Crippen molar-refractivity contribution < 1.29 is 40.9 Å². The van der Waals surface area contributed by atoms with Crippen molar-refractivity contribution in [2.24, 2.45) is 9.36 Å². The molecular formula is C24H24F4N6O5S. The van der Waals surface area contributed by atoms with Gasteiger partial charge in [-0.1, -0.05) is 5.16 Å². The molecule has 0 aliphatic carbocycles. The largest absolute Gasteiger partial charge is 0.480 e. The topological polar surface area (TPSA) is 152 Å². The molecule has 16 heteroatoms. The smallest absolute Gasteiger partial charge is 0.410 e. The standard InChI is InChI=1S/C24H24F4N6O5S/c1-22(2)20(32-21(35)36)33-23(3,12-40(22,37)31-11-24(26,27)28)14-7-13(5-6-15(14)25)18-8-16(34-39-18)17-9-30-19(38-4)10-29-17/h5-10H,11-12H2,1-4H3,(H,32,33)(H,35,36)/t23-,40+/m0/s1. The number of carboxylic acid groups (broad SMARTS) is 1. The van der Waals surface area contributed by atoms with Crippen LogP contribution in [-0.4, -0.2) is 66.7 Å². The molecular weight excluding hydrogens is 560 g/mol. The number of carbonyl (C=O) groups is 1. The summed E-state index contributed by atoms with van der Waals surface area (Å²) in [4.78, 5) is 24.1. The van der Waals surface area contributed by atoms with E-state index in [4.69, 9.17) is 9.26 Å². The van der Waals surface area contributed by atoms with Gasteiger partial charge in [0.1, 0.15) is 39.9 Å². The van der Waals surface area contributed by atoms with Crippen molar-refractivity contribution >= 4 is 21.7 Å². The third-order valence-electron chi connectivity index (χ3n) is 6.32. The van der Waals surface area contributed by atoms with Crippen molar-refractivity contribution in [2.75, 3.05) is 19.4 Å². The van der Waals surface area contributed by atoms with Crippen LogP contribution in [0.25, 0.3) is 22.7 Å². The summed E-state index contributed by atoms with van der Waals surface area (Å²) < 4.78 is 80.6. The number of amidine groups is 1. The molecule has 0 unspecified atom stereocenters. The van der Waals surface area contributed by atoms with Crippen LogP contribution in [0, 0.1) is 5.82 Å². The number of benzene rings is 1. The zero-order valence-electron chi connectivity index (χ0n) is 21.6. The molecule has 2 atom stereocenters. The second-order valence-electron chi connectivity index (χ2n) is 9.58. The van der Waals surface area contributed by atoms with E-state index in [1.54, 1.807) is 0 Å². The van der Waals surface area contributed by atoms with E-state index < -0.39 is 56.2 Å². The Labute approximate surface area is 225 Å². The lowest BCUT2D eigenvalue weighted by Crippen LogP contribution is -2.57. The molecule has 214 valence electrons. The summed E-state index contributed by atoms with van der Waals surface area (Å²) in [6.07, 6.45) is -3.56. The van der Waals surface area contributed by atoms with Crippen LogP contribution < -0.4 is 10.1 Å². The van der Waals surface area contributed by atoms with Crippen LogP contribution in [0.4, 0.5) is 22.4 Å². The van der Waals surface area contributed by atoms with Gasteiger partial charge in [-0.25, -0.2) is 27.7 Å². The van der Waals surface area contributed by atoms with Crippen LogP contribution in [0.3, 0.4) is 0 Å². The molecule has 0 bridgehead atoms. The number of aliphatic imine (C=N–C) groups is 1. The third kappa shape index (κ3) is 5.61. The van der Waals surface area contributed by atoms with Gasteiger partial charge in [-0.2, -0.15) is 13.2 Å². The Morgan fingerprint density at radius 3 is 2.52 bits per heavy atom. The number of nitrogens with one attached hydrogen (secondary N) is 1. The zero-order valence-corrected chi connectivity index (χ0v) is 22.4. The Balaban J connectivity index is 1.81. The monoisotopic (exact) mass is 584 g/mol. The molecule has 3 aromatic rings. The van der Waals surface area contributed by atoms with Crippen molar-refractivity contribution in [1.29, 1.82) is 0 Å². The second-order valence-corrected chi connectivity index (χ2v) is 12.4. The Kier molecular flexibility index (Phi) is 7.34. The number of alkyl halides is 3. The molecule has 0 saturated heterocycles. The quantitative estimate of drug-likeness (QED) is 0.411. The van der Waals surface area contributed by atoms with Crippen molar-refractivity contribution in [2.45, 2.75) is 37.2 Å². The molecule has 0 radical (unpaired) electrons. The fourth-order valence-corrected chi connectivity index (χ4v) is 6.62.